The van der Waals surface area contributed by atoms with Crippen LogP contribution in [0.1, 0.15) is 5.56 Å². The minimum atomic E-state index is -0.460. The smallest absolute Gasteiger partial charge is 0.260 e. The molecule has 0 aliphatic carbocycles. The Morgan fingerprint density at radius 2 is 1.75 bits per heavy atom. The van der Waals surface area contributed by atoms with Crippen LogP contribution in [-0.2, 0) is 11.3 Å². The number of methoxy groups -OCH3 is 1. The highest BCUT2D eigenvalue weighted by molar-refractivity contribution is 6.32. The fourth-order valence-corrected chi connectivity index (χ4v) is 3.45. The van der Waals surface area contributed by atoms with Crippen LogP contribution in [-0.4, -0.2) is 50.7 Å². The highest BCUT2D eigenvalue weighted by Gasteiger charge is 2.25. The van der Waals surface area contributed by atoms with Crippen molar-refractivity contribution in [3.05, 3.63) is 58.6 Å². The normalized spacial score (nSPS) is 14.8. The largest absolute Gasteiger partial charge is 0.496 e. The van der Waals surface area contributed by atoms with Gasteiger partial charge in [-0.3, -0.25) is 4.79 Å². The molecule has 1 aliphatic rings. The predicted molar refractivity (Wildman–Crippen MR) is 101 cm³/mol. The molecule has 0 saturated carbocycles. The van der Waals surface area contributed by atoms with Gasteiger partial charge in [-0.1, -0.05) is 11.6 Å². The summed E-state index contributed by atoms with van der Waals surface area (Å²) in [6, 6.07) is 8.27. The molecule has 0 atom stereocenters. The van der Waals surface area contributed by atoms with E-state index in [0.717, 1.165) is 24.7 Å². The van der Waals surface area contributed by atoms with Crippen LogP contribution in [0.5, 0.6) is 11.5 Å². The number of benzene rings is 2. The molecule has 8 heteroatoms. The molecule has 2 aromatic rings. The van der Waals surface area contributed by atoms with Gasteiger partial charge in [-0.2, -0.15) is 0 Å². The summed E-state index contributed by atoms with van der Waals surface area (Å²) in [6.07, 6.45) is 0. The zero-order valence-corrected chi connectivity index (χ0v) is 16.3. The minimum absolute atomic E-state index is 0.131. The third-order valence-corrected chi connectivity index (χ3v) is 5.05. The Labute approximate surface area is 167 Å². The van der Waals surface area contributed by atoms with Crippen molar-refractivity contribution in [1.82, 2.24) is 4.90 Å². The molecule has 0 radical (unpaired) electrons. The predicted octanol–water partition coefficient (Wildman–Crippen LogP) is 1.93. The lowest BCUT2D eigenvalue weighted by molar-refractivity contribution is -0.917. The summed E-state index contributed by atoms with van der Waals surface area (Å²) in [6.45, 7) is 3.10. The third kappa shape index (κ3) is 5.11. The van der Waals surface area contributed by atoms with Crippen LogP contribution in [0.4, 0.5) is 8.78 Å². The molecule has 1 N–H and O–H groups in total. The standard InChI is InChI=1S/C20H21ClF2N2O3/c1-27-18-4-2-15(22)10-14(18)12-24-6-8-25(9-7-24)20(26)13-28-19-5-3-16(23)11-17(19)21/h2-5,10-11H,6-9,12-13H2,1H3/p+1. The number of halogens is 3. The Morgan fingerprint density at radius 3 is 2.39 bits per heavy atom. The maximum atomic E-state index is 13.5. The quantitative estimate of drug-likeness (QED) is 0.790. The summed E-state index contributed by atoms with van der Waals surface area (Å²) in [5.74, 6) is 0.0388. The zero-order valence-electron chi connectivity index (χ0n) is 15.5. The van der Waals surface area contributed by atoms with Crippen LogP contribution in [0.3, 0.4) is 0 Å². The van der Waals surface area contributed by atoms with Crippen molar-refractivity contribution < 1.29 is 27.9 Å². The van der Waals surface area contributed by atoms with Gasteiger partial charge in [0.25, 0.3) is 5.91 Å². The number of piperazine rings is 1. The topological polar surface area (TPSA) is 43.2 Å². The van der Waals surface area contributed by atoms with E-state index in [1.165, 1.54) is 29.2 Å². The lowest BCUT2D eigenvalue weighted by Crippen LogP contribution is -3.13. The number of amides is 1. The molecule has 1 amide bonds. The van der Waals surface area contributed by atoms with Crippen molar-refractivity contribution in [2.75, 3.05) is 39.9 Å². The summed E-state index contributed by atoms with van der Waals surface area (Å²) in [5.41, 5.74) is 0.812. The van der Waals surface area contributed by atoms with Gasteiger partial charge in [0.15, 0.2) is 6.61 Å². The molecule has 0 unspecified atom stereocenters. The molecule has 1 saturated heterocycles. The van der Waals surface area contributed by atoms with E-state index in [0.29, 0.717) is 25.4 Å². The Kier molecular flexibility index (Phi) is 6.70. The summed E-state index contributed by atoms with van der Waals surface area (Å²) in [5, 5.41) is 0.131. The van der Waals surface area contributed by atoms with Crippen molar-refractivity contribution >= 4 is 17.5 Å². The molecule has 0 bridgehead atoms. The van der Waals surface area contributed by atoms with E-state index >= 15 is 0 Å². The molecule has 0 spiro atoms. The van der Waals surface area contributed by atoms with Crippen molar-refractivity contribution in [2.45, 2.75) is 6.54 Å². The zero-order chi connectivity index (χ0) is 20.1. The first-order valence-corrected chi connectivity index (χ1v) is 9.35. The summed E-state index contributed by atoms with van der Waals surface area (Å²) >= 11 is 5.90. The van der Waals surface area contributed by atoms with E-state index in [4.69, 9.17) is 21.1 Å². The molecular weight excluding hydrogens is 390 g/mol. The molecule has 3 rings (SSSR count). The number of carbonyl (C=O) groups excluding carboxylic acids is 1. The SMILES string of the molecule is COc1ccc(F)cc1C[NH+]1CCN(C(=O)COc2ccc(F)cc2Cl)CC1. The van der Waals surface area contributed by atoms with Gasteiger partial charge in [0.1, 0.15) is 29.7 Å². The van der Waals surface area contributed by atoms with Crippen molar-refractivity contribution in [3.63, 3.8) is 0 Å². The van der Waals surface area contributed by atoms with Crippen molar-refractivity contribution in [3.8, 4) is 11.5 Å². The van der Waals surface area contributed by atoms with E-state index < -0.39 is 5.82 Å². The Balaban J connectivity index is 1.49. The fourth-order valence-electron chi connectivity index (χ4n) is 3.23. The third-order valence-electron chi connectivity index (χ3n) is 4.75. The van der Waals surface area contributed by atoms with Crippen LogP contribution < -0.4 is 14.4 Å². The maximum Gasteiger partial charge on any atom is 0.260 e. The molecule has 2 aromatic carbocycles. The maximum absolute atomic E-state index is 13.5. The van der Waals surface area contributed by atoms with Crippen LogP contribution in [0.2, 0.25) is 5.02 Å². The van der Waals surface area contributed by atoms with Gasteiger partial charge in [0, 0.05) is 0 Å². The first kappa shape index (κ1) is 20.4. The molecule has 1 heterocycles. The molecule has 5 nitrogen and oxygen atoms in total. The lowest BCUT2D eigenvalue weighted by atomic mass is 10.1. The second kappa shape index (κ2) is 9.21. The molecule has 28 heavy (non-hydrogen) atoms. The van der Waals surface area contributed by atoms with Gasteiger partial charge in [-0.05, 0) is 36.4 Å². The molecule has 150 valence electrons. The van der Waals surface area contributed by atoms with Crippen LogP contribution >= 0.6 is 11.6 Å². The van der Waals surface area contributed by atoms with E-state index in [1.807, 2.05) is 0 Å². The highest BCUT2D eigenvalue weighted by Crippen LogP contribution is 2.24. The minimum Gasteiger partial charge on any atom is -0.496 e. The fraction of sp³-hybridized carbons (Fsp3) is 0.350. The number of carbonyl (C=O) groups is 1. The van der Waals surface area contributed by atoms with Crippen LogP contribution in [0.15, 0.2) is 36.4 Å². The second-order valence-electron chi connectivity index (χ2n) is 6.63. The molecule has 1 aliphatic heterocycles. The monoisotopic (exact) mass is 411 g/mol. The number of quaternary nitrogens is 1. The lowest BCUT2D eigenvalue weighted by Gasteiger charge is -2.32. The summed E-state index contributed by atoms with van der Waals surface area (Å²) in [4.78, 5) is 15.3. The van der Waals surface area contributed by atoms with Gasteiger partial charge in [0.2, 0.25) is 0 Å². The Morgan fingerprint density at radius 1 is 1.11 bits per heavy atom. The Hall–Kier alpha value is -2.38. The number of rotatable bonds is 6. The number of nitrogens with zero attached hydrogens (tertiary/aromatic N) is 1. The average Bonchev–Trinajstić information content (AvgIpc) is 2.68. The number of hydrogen-bond donors (Lipinski definition) is 1. The van der Waals surface area contributed by atoms with Gasteiger partial charge >= 0.3 is 0 Å². The first-order valence-electron chi connectivity index (χ1n) is 8.98. The van der Waals surface area contributed by atoms with E-state index in [-0.39, 0.29) is 29.1 Å². The van der Waals surface area contributed by atoms with Crippen molar-refractivity contribution in [2.24, 2.45) is 0 Å². The first-order chi connectivity index (χ1) is 13.5. The highest BCUT2D eigenvalue weighted by atomic mass is 35.5. The van der Waals surface area contributed by atoms with Gasteiger partial charge in [0.05, 0.1) is 43.9 Å². The van der Waals surface area contributed by atoms with Gasteiger partial charge in [-0.15, -0.1) is 0 Å². The number of ether oxygens (including phenoxy) is 2. The molecule has 1 fully saturated rings. The summed E-state index contributed by atoms with van der Waals surface area (Å²) < 4.78 is 37.3. The van der Waals surface area contributed by atoms with E-state index in [2.05, 4.69) is 0 Å². The van der Waals surface area contributed by atoms with E-state index in [1.54, 1.807) is 18.1 Å². The summed E-state index contributed by atoms with van der Waals surface area (Å²) in [7, 11) is 1.57. The van der Waals surface area contributed by atoms with E-state index in [9.17, 15) is 13.6 Å². The number of nitrogens with one attached hydrogen (secondary N) is 1. The van der Waals surface area contributed by atoms with Crippen LogP contribution in [0, 0.1) is 11.6 Å². The number of hydrogen-bond acceptors (Lipinski definition) is 3. The Bertz CT molecular complexity index is 842. The van der Waals surface area contributed by atoms with Gasteiger partial charge < -0.3 is 19.3 Å². The molecular formula is C20H22ClF2N2O3+. The van der Waals surface area contributed by atoms with Crippen molar-refractivity contribution in [1.29, 1.82) is 0 Å². The van der Waals surface area contributed by atoms with Gasteiger partial charge in [-0.25, -0.2) is 8.78 Å². The average molecular weight is 412 g/mol. The molecule has 0 aromatic heterocycles. The van der Waals surface area contributed by atoms with Crippen LogP contribution in [0.25, 0.3) is 0 Å². The second-order valence-corrected chi connectivity index (χ2v) is 7.03.